The molecule has 1 saturated carbocycles. The van der Waals surface area contributed by atoms with Crippen LogP contribution in [0.3, 0.4) is 0 Å². The lowest BCUT2D eigenvalue weighted by molar-refractivity contribution is 0.500. The van der Waals surface area contributed by atoms with Crippen LogP contribution in [-0.2, 0) is 0 Å². The number of hydrogen-bond acceptors (Lipinski definition) is 4. The molecule has 2 N–H and O–H groups in total. The molecule has 3 rings (SSSR count). The zero-order valence-corrected chi connectivity index (χ0v) is 11.3. The molecule has 0 unspecified atom stereocenters. The van der Waals surface area contributed by atoms with Gasteiger partial charge in [0.25, 0.3) is 0 Å². The number of hydrogen-bond donors (Lipinski definition) is 2. The van der Waals surface area contributed by atoms with E-state index >= 15 is 0 Å². The standard InChI is InChI=1S/C11H12N4OS2/c1-6-4-8(6)9-3-2-7(16-9)5-12-15-10(17)13-14-11(15)18/h2-3,5-6,8H,4H2,1H3,(H,13,17)(H,14,18)/b12-5-/t6-,8+/m0/s1. The van der Waals surface area contributed by atoms with Crippen molar-refractivity contribution in [3.8, 4) is 0 Å². The van der Waals surface area contributed by atoms with Crippen molar-refractivity contribution in [1.82, 2.24) is 14.9 Å². The molecule has 2 atom stereocenters. The van der Waals surface area contributed by atoms with Crippen molar-refractivity contribution in [1.29, 1.82) is 0 Å². The highest BCUT2D eigenvalue weighted by Crippen LogP contribution is 2.47. The van der Waals surface area contributed by atoms with Crippen LogP contribution in [0.15, 0.2) is 21.7 Å². The summed E-state index contributed by atoms with van der Waals surface area (Å²) in [6.07, 6.45) is 2.82. The lowest BCUT2D eigenvalue weighted by Crippen LogP contribution is -1.89. The van der Waals surface area contributed by atoms with E-state index in [1.54, 1.807) is 6.21 Å². The van der Waals surface area contributed by atoms with Crippen LogP contribution in [0.1, 0.15) is 30.8 Å². The fourth-order valence-corrected chi connectivity index (χ4v) is 2.32. The van der Waals surface area contributed by atoms with Gasteiger partial charge in [0.2, 0.25) is 9.54 Å². The fraction of sp³-hybridized carbons (Fsp3) is 0.364. The largest absolute Gasteiger partial charge is 0.460 e. The van der Waals surface area contributed by atoms with Crippen LogP contribution in [0.2, 0.25) is 0 Å². The van der Waals surface area contributed by atoms with Gasteiger partial charge in [-0.05, 0) is 48.9 Å². The van der Waals surface area contributed by atoms with Gasteiger partial charge in [0.1, 0.15) is 11.5 Å². The third kappa shape index (κ3) is 2.11. The van der Waals surface area contributed by atoms with Gasteiger partial charge >= 0.3 is 0 Å². The predicted octanol–water partition coefficient (Wildman–Crippen LogP) is 3.20. The first-order valence-electron chi connectivity index (χ1n) is 5.69. The van der Waals surface area contributed by atoms with E-state index in [0.29, 0.717) is 21.2 Å². The fourth-order valence-electron chi connectivity index (χ4n) is 1.88. The number of furan rings is 1. The van der Waals surface area contributed by atoms with Crippen molar-refractivity contribution in [2.75, 3.05) is 0 Å². The highest BCUT2D eigenvalue weighted by molar-refractivity contribution is 7.72. The van der Waals surface area contributed by atoms with Crippen LogP contribution >= 0.6 is 24.4 Å². The van der Waals surface area contributed by atoms with Gasteiger partial charge in [-0.15, -0.1) is 0 Å². The Balaban J connectivity index is 1.82. The van der Waals surface area contributed by atoms with Crippen LogP contribution in [0, 0.1) is 15.5 Å². The zero-order valence-electron chi connectivity index (χ0n) is 9.71. The molecule has 0 aliphatic heterocycles. The van der Waals surface area contributed by atoms with E-state index in [4.69, 9.17) is 28.9 Å². The summed E-state index contributed by atoms with van der Waals surface area (Å²) in [5.41, 5.74) is 0. The molecule has 18 heavy (non-hydrogen) atoms. The average Bonchev–Trinajstić information content (AvgIpc) is 2.76. The van der Waals surface area contributed by atoms with Crippen molar-refractivity contribution in [2.45, 2.75) is 19.3 Å². The summed E-state index contributed by atoms with van der Waals surface area (Å²) in [5, 5.41) is 9.61. The average molecular weight is 280 g/mol. The number of aromatic amines is 2. The molecule has 1 fully saturated rings. The Morgan fingerprint density at radius 2 is 2.06 bits per heavy atom. The SMILES string of the molecule is C[C@H]1C[C@H]1c1ccc(/C=N\n2c(=S)[nH][nH]c2=S)o1. The summed E-state index contributed by atoms with van der Waals surface area (Å²) in [4.78, 5) is 0. The van der Waals surface area contributed by atoms with E-state index in [-0.39, 0.29) is 0 Å². The minimum atomic E-state index is 0.429. The first-order chi connectivity index (χ1) is 8.65. The van der Waals surface area contributed by atoms with Crippen LogP contribution in [0.4, 0.5) is 0 Å². The van der Waals surface area contributed by atoms with E-state index in [0.717, 1.165) is 11.7 Å². The summed E-state index contributed by atoms with van der Waals surface area (Å²) in [6.45, 7) is 2.22. The van der Waals surface area contributed by atoms with Gasteiger partial charge in [-0.1, -0.05) is 6.92 Å². The predicted molar refractivity (Wildman–Crippen MR) is 73.0 cm³/mol. The van der Waals surface area contributed by atoms with Gasteiger partial charge in [-0.2, -0.15) is 9.78 Å². The Kier molecular flexibility index (Phi) is 2.79. The summed E-state index contributed by atoms with van der Waals surface area (Å²) >= 11 is 10.1. The normalized spacial score (nSPS) is 22.7. The van der Waals surface area contributed by atoms with Crippen molar-refractivity contribution < 1.29 is 4.42 Å². The number of nitrogens with one attached hydrogen (secondary N) is 2. The van der Waals surface area contributed by atoms with Gasteiger partial charge in [0.05, 0.1) is 6.21 Å². The molecule has 1 aliphatic carbocycles. The van der Waals surface area contributed by atoms with Crippen molar-refractivity contribution in [2.24, 2.45) is 11.0 Å². The first kappa shape index (κ1) is 11.6. The van der Waals surface area contributed by atoms with Crippen molar-refractivity contribution >= 4 is 30.7 Å². The minimum Gasteiger partial charge on any atom is -0.460 e. The Morgan fingerprint density at radius 3 is 2.67 bits per heavy atom. The maximum absolute atomic E-state index is 5.70. The molecule has 0 bridgehead atoms. The Hall–Kier alpha value is -1.47. The number of H-pyrrole nitrogens is 2. The second-order valence-electron chi connectivity index (χ2n) is 4.48. The van der Waals surface area contributed by atoms with Crippen molar-refractivity contribution in [3.63, 3.8) is 0 Å². The maximum atomic E-state index is 5.70. The first-order valence-corrected chi connectivity index (χ1v) is 6.50. The third-order valence-electron chi connectivity index (χ3n) is 3.08. The van der Waals surface area contributed by atoms with E-state index in [1.807, 2.05) is 12.1 Å². The second-order valence-corrected chi connectivity index (χ2v) is 5.25. The molecule has 5 nitrogen and oxygen atoms in total. The lowest BCUT2D eigenvalue weighted by atomic mass is 10.3. The van der Waals surface area contributed by atoms with Gasteiger partial charge < -0.3 is 4.42 Å². The Morgan fingerprint density at radius 1 is 1.39 bits per heavy atom. The van der Waals surface area contributed by atoms with Gasteiger partial charge in [-0.3, -0.25) is 10.2 Å². The Labute approximate surface area is 114 Å². The molecule has 2 aromatic heterocycles. The van der Waals surface area contributed by atoms with Crippen LogP contribution in [0.5, 0.6) is 0 Å². The third-order valence-corrected chi connectivity index (χ3v) is 3.63. The van der Waals surface area contributed by atoms with E-state index in [1.165, 1.54) is 11.1 Å². The lowest BCUT2D eigenvalue weighted by Gasteiger charge is -1.91. The monoisotopic (exact) mass is 280 g/mol. The van der Waals surface area contributed by atoms with Crippen molar-refractivity contribution in [3.05, 3.63) is 33.2 Å². The molecule has 0 saturated heterocycles. The smallest absolute Gasteiger partial charge is 0.215 e. The van der Waals surface area contributed by atoms with E-state index in [2.05, 4.69) is 22.2 Å². The molecule has 1 aliphatic rings. The zero-order chi connectivity index (χ0) is 12.7. The maximum Gasteiger partial charge on any atom is 0.215 e. The molecule has 0 radical (unpaired) electrons. The van der Waals surface area contributed by atoms with Gasteiger partial charge in [-0.25, -0.2) is 0 Å². The van der Waals surface area contributed by atoms with E-state index < -0.39 is 0 Å². The van der Waals surface area contributed by atoms with Crippen LogP contribution < -0.4 is 0 Å². The molecule has 0 aromatic carbocycles. The highest BCUT2D eigenvalue weighted by Gasteiger charge is 2.36. The summed E-state index contributed by atoms with van der Waals surface area (Å²) in [6, 6.07) is 3.92. The molecule has 94 valence electrons. The molecule has 2 aromatic rings. The minimum absolute atomic E-state index is 0.429. The summed E-state index contributed by atoms with van der Waals surface area (Å²) in [5.74, 6) is 3.05. The Bertz CT molecular complexity index is 677. The summed E-state index contributed by atoms with van der Waals surface area (Å²) in [7, 11) is 0. The molecular weight excluding hydrogens is 268 g/mol. The van der Waals surface area contributed by atoms with Crippen LogP contribution in [-0.4, -0.2) is 21.1 Å². The topological polar surface area (TPSA) is 62.0 Å². The highest BCUT2D eigenvalue weighted by atomic mass is 32.1. The number of rotatable bonds is 3. The quantitative estimate of drug-likeness (QED) is 0.670. The van der Waals surface area contributed by atoms with Gasteiger partial charge in [0, 0.05) is 5.92 Å². The molecule has 2 heterocycles. The van der Waals surface area contributed by atoms with E-state index in [9.17, 15) is 0 Å². The molecule has 0 spiro atoms. The second kappa shape index (κ2) is 4.33. The number of aromatic nitrogens is 3. The molecule has 7 heteroatoms. The molecular formula is C11H12N4OS2. The van der Waals surface area contributed by atoms with Gasteiger partial charge in [0.15, 0.2) is 0 Å². The van der Waals surface area contributed by atoms with Crippen LogP contribution in [0.25, 0.3) is 0 Å². The molecule has 0 amide bonds. The summed E-state index contributed by atoms with van der Waals surface area (Å²) < 4.78 is 8.00. The number of nitrogens with zero attached hydrogens (tertiary/aromatic N) is 2.